The molecule has 0 aliphatic heterocycles. The summed E-state index contributed by atoms with van der Waals surface area (Å²) >= 11 is 3.62. The van der Waals surface area contributed by atoms with E-state index >= 15 is 0 Å². The van der Waals surface area contributed by atoms with Crippen LogP contribution in [0.3, 0.4) is 0 Å². The molecule has 0 heterocycles. The molecule has 1 aromatic carbocycles. The molecule has 18 heavy (non-hydrogen) atoms. The van der Waals surface area contributed by atoms with Gasteiger partial charge in [0.05, 0.1) is 0 Å². The van der Waals surface area contributed by atoms with E-state index in [9.17, 15) is 0 Å². The Bertz CT molecular complexity index is 450. The van der Waals surface area contributed by atoms with Crippen molar-refractivity contribution in [2.24, 2.45) is 11.8 Å². The fourth-order valence-electron chi connectivity index (χ4n) is 2.86. The van der Waals surface area contributed by atoms with Crippen LogP contribution < -0.4 is 5.32 Å². The van der Waals surface area contributed by atoms with E-state index in [2.05, 4.69) is 66.3 Å². The molecule has 2 atom stereocenters. The number of hydrogen-bond acceptors (Lipinski definition) is 1. The van der Waals surface area contributed by atoms with Crippen LogP contribution in [0.4, 0.5) is 5.69 Å². The Hall–Kier alpha value is -0.760. The van der Waals surface area contributed by atoms with Crippen LogP contribution in [0.15, 0.2) is 34.3 Å². The van der Waals surface area contributed by atoms with Crippen molar-refractivity contribution in [1.82, 2.24) is 0 Å². The van der Waals surface area contributed by atoms with Gasteiger partial charge >= 0.3 is 0 Å². The first kappa shape index (κ1) is 13.7. The average Bonchev–Trinajstić information content (AvgIpc) is 2.26. The maximum absolute atomic E-state index is 3.62. The maximum Gasteiger partial charge on any atom is 0.0484 e. The smallest absolute Gasteiger partial charge is 0.0484 e. The van der Waals surface area contributed by atoms with E-state index in [1.54, 1.807) is 5.57 Å². The predicted octanol–water partition coefficient (Wildman–Crippen LogP) is 5.16. The molecule has 98 valence electrons. The SMILES string of the molecule is CC1=CC(C)CC(CNc2ccc(C)cc2Br)C1. The highest BCUT2D eigenvalue weighted by Crippen LogP contribution is 2.29. The van der Waals surface area contributed by atoms with Crippen LogP contribution >= 0.6 is 15.9 Å². The first-order valence-corrected chi connectivity index (χ1v) is 7.51. The lowest BCUT2D eigenvalue weighted by atomic mass is 9.84. The molecule has 1 N–H and O–H groups in total. The normalized spacial score (nSPS) is 23.7. The van der Waals surface area contributed by atoms with E-state index in [0.717, 1.165) is 18.4 Å². The molecular weight excluding hydrogens is 286 g/mol. The van der Waals surface area contributed by atoms with E-state index < -0.39 is 0 Å². The van der Waals surface area contributed by atoms with Crippen LogP contribution in [0, 0.1) is 18.8 Å². The molecule has 0 spiro atoms. The van der Waals surface area contributed by atoms with Gasteiger partial charge in [-0.15, -0.1) is 0 Å². The summed E-state index contributed by atoms with van der Waals surface area (Å²) in [5, 5.41) is 3.58. The summed E-state index contributed by atoms with van der Waals surface area (Å²) in [5.74, 6) is 1.49. The second kappa shape index (κ2) is 5.92. The van der Waals surface area contributed by atoms with Gasteiger partial charge in [0.15, 0.2) is 0 Å². The Morgan fingerprint density at radius 3 is 2.78 bits per heavy atom. The van der Waals surface area contributed by atoms with Crippen molar-refractivity contribution in [2.45, 2.75) is 33.6 Å². The van der Waals surface area contributed by atoms with Crippen LogP contribution in [-0.4, -0.2) is 6.54 Å². The van der Waals surface area contributed by atoms with Crippen LogP contribution in [0.2, 0.25) is 0 Å². The molecule has 1 aromatic rings. The van der Waals surface area contributed by atoms with E-state index in [0.29, 0.717) is 0 Å². The third kappa shape index (κ3) is 3.61. The van der Waals surface area contributed by atoms with E-state index in [-0.39, 0.29) is 0 Å². The van der Waals surface area contributed by atoms with Gasteiger partial charge in [0, 0.05) is 16.7 Å². The van der Waals surface area contributed by atoms with Gasteiger partial charge in [0.25, 0.3) is 0 Å². The zero-order valence-electron chi connectivity index (χ0n) is 11.5. The minimum absolute atomic E-state index is 0.729. The topological polar surface area (TPSA) is 12.0 Å². The molecule has 1 aliphatic rings. The zero-order valence-corrected chi connectivity index (χ0v) is 13.0. The van der Waals surface area contributed by atoms with E-state index in [1.807, 2.05) is 0 Å². The minimum atomic E-state index is 0.729. The summed E-state index contributed by atoms with van der Waals surface area (Å²) in [5.41, 5.74) is 4.04. The molecule has 2 unspecified atom stereocenters. The molecule has 2 rings (SSSR count). The van der Waals surface area contributed by atoms with Crippen molar-refractivity contribution in [3.8, 4) is 0 Å². The summed E-state index contributed by atoms with van der Waals surface area (Å²) < 4.78 is 1.17. The molecule has 0 bridgehead atoms. The first-order valence-electron chi connectivity index (χ1n) is 6.72. The zero-order chi connectivity index (χ0) is 13.1. The van der Waals surface area contributed by atoms with Crippen molar-refractivity contribution in [3.05, 3.63) is 39.9 Å². The van der Waals surface area contributed by atoms with Crippen molar-refractivity contribution in [1.29, 1.82) is 0 Å². The third-order valence-electron chi connectivity index (χ3n) is 3.59. The number of benzene rings is 1. The summed E-state index contributed by atoms with van der Waals surface area (Å²) in [4.78, 5) is 0. The number of halogens is 1. The molecule has 0 saturated carbocycles. The summed E-state index contributed by atoms with van der Waals surface area (Å²) in [7, 11) is 0. The first-order chi connectivity index (χ1) is 8.54. The standard InChI is InChI=1S/C16H22BrN/c1-11-4-5-16(15(17)9-11)18-10-14-7-12(2)6-13(3)8-14/h4-6,9,12,14,18H,7-8,10H2,1-3H3. The van der Waals surface area contributed by atoms with Crippen molar-refractivity contribution in [3.63, 3.8) is 0 Å². The summed E-state index contributed by atoms with van der Waals surface area (Å²) in [6.07, 6.45) is 4.95. The lowest BCUT2D eigenvalue weighted by molar-refractivity contribution is 0.421. The number of nitrogens with one attached hydrogen (secondary N) is 1. The van der Waals surface area contributed by atoms with Crippen LogP contribution in [0.25, 0.3) is 0 Å². The molecule has 0 saturated heterocycles. The Balaban J connectivity index is 1.94. The Kier molecular flexibility index (Phi) is 4.50. The van der Waals surface area contributed by atoms with Gasteiger partial charge in [-0.25, -0.2) is 0 Å². The van der Waals surface area contributed by atoms with Crippen molar-refractivity contribution >= 4 is 21.6 Å². The lowest BCUT2D eigenvalue weighted by Crippen LogP contribution is -2.20. The van der Waals surface area contributed by atoms with Crippen LogP contribution in [0.1, 0.15) is 32.3 Å². The lowest BCUT2D eigenvalue weighted by Gasteiger charge is -2.26. The number of allylic oxidation sites excluding steroid dienone is 2. The summed E-state index contributed by atoms with van der Waals surface area (Å²) in [6.45, 7) is 7.75. The van der Waals surface area contributed by atoms with Gasteiger partial charge in [-0.3, -0.25) is 0 Å². The van der Waals surface area contributed by atoms with Crippen LogP contribution in [-0.2, 0) is 0 Å². The Labute approximate surface area is 119 Å². The van der Waals surface area contributed by atoms with Crippen LogP contribution in [0.5, 0.6) is 0 Å². The number of hydrogen-bond donors (Lipinski definition) is 1. The largest absolute Gasteiger partial charge is 0.384 e. The quantitative estimate of drug-likeness (QED) is 0.760. The molecular formula is C16H22BrN. The highest BCUT2D eigenvalue weighted by molar-refractivity contribution is 9.10. The second-order valence-electron chi connectivity index (χ2n) is 5.66. The van der Waals surface area contributed by atoms with Gasteiger partial charge in [0.1, 0.15) is 0 Å². The second-order valence-corrected chi connectivity index (χ2v) is 6.51. The monoisotopic (exact) mass is 307 g/mol. The predicted molar refractivity (Wildman–Crippen MR) is 83.0 cm³/mol. The van der Waals surface area contributed by atoms with Crippen molar-refractivity contribution < 1.29 is 0 Å². The number of aryl methyl sites for hydroxylation is 1. The van der Waals surface area contributed by atoms with E-state index in [1.165, 1.54) is 28.6 Å². The molecule has 0 radical (unpaired) electrons. The molecule has 1 nitrogen and oxygen atoms in total. The summed E-state index contributed by atoms with van der Waals surface area (Å²) in [6, 6.07) is 6.48. The Morgan fingerprint density at radius 1 is 1.33 bits per heavy atom. The molecule has 0 fully saturated rings. The van der Waals surface area contributed by atoms with Gasteiger partial charge in [-0.05, 0) is 72.2 Å². The number of anilines is 1. The molecule has 1 aliphatic carbocycles. The molecule has 2 heteroatoms. The van der Waals surface area contributed by atoms with Gasteiger partial charge in [0.2, 0.25) is 0 Å². The highest BCUT2D eigenvalue weighted by Gasteiger charge is 2.17. The van der Waals surface area contributed by atoms with Gasteiger partial charge in [-0.1, -0.05) is 24.6 Å². The van der Waals surface area contributed by atoms with Gasteiger partial charge < -0.3 is 5.32 Å². The number of rotatable bonds is 3. The third-order valence-corrected chi connectivity index (χ3v) is 4.25. The average molecular weight is 308 g/mol. The molecule has 0 aromatic heterocycles. The van der Waals surface area contributed by atoms with Gasteiger partial charge in [-0.2, -0.15) is 0 Å². The van der Waals surface area contributed by atoms with E-state index in [4.69, 9.17) is 0 Å². The molecule has 0 amide bonds. The Morgan fingerprint density at radius 2 is 2.11 bits per heavy atom. The fraction of sp³-hybridized carbons (Fsp3) is 0.500. The fourth-order valence-corrected chi connectivity index (χ4v) is 3.49. The maximum atomic E-state index is 3.62. The van der Waals surface area contributed by atoms with Crippen molar-refractivity contribution in [2.75, 3.05) is 11.9 Å². The minimum Gasteiger partial charge on any atom is -0.384 e. The highest BCUT2D eigenvalue weighted by atomic mass is 79.9.